The Hall–Kier alpha value is -1.10. The van der Waals surface area contributed by atoms with Crippen molar-refractivity contribution in [2.24, 2.45) is 0 Å². The van der Waals surface area contributed by atoms with E-state index < -0.39 is 17.7 Å². The summed E-state index contributed by atoms with van der Waals surface area (Å²) in [5.41, 5.74) is -0.515. The van der Waals surface area contributed by atoms with Crippen molar-refractivity contribution in [2.45, 2.75) is 66.2 Å². The Bertz CT molecular complexity index is 306. The molecule has 0 aliphatic heterocycles. The van der Waals surface area contributed by atoms with Crippen LogP contribution >= 0.6 is 0 Å². The lowest BCUT2D eigenvalue weighted by atomic mass is 10.2. The van der Waals surface area contributed by atoms with E-state index in [4.69, 9.17) is 4.74 Å². The molecule has 5 nitrogen and oxygen atoms in total. The van der Waals surface area contributed by atoms with Crippen molar-refractivity contribution in [3.8, 4) is 0 Å². The van der Waals surface area contributed by atoms with Gasteiger partial charge in [-0.3, -0.25) is 14.9 Å². The van der Waals surface area contributed by atoms with Gasteiger partial charge in [-0.25, -0.2) is 0 Å². The minimum Gasteiger partial charge on any atom is -0.459 e. The molecule has 0 aromatic heterocycles. The van der Waals surface area contributed by atoms with E-state index in [0.29, 0.717) is 13.1 Å². The molecule has 19 heavy (non-hydrogen) atoms. The number of nitrogens with zero attached hydrogens (tertiary/aromatic N) is 1. The van der Waals surface area contributed by atoms with Crippen molar-refractivity contribution < 1.29 is 14.3 Å². The molecule has 0 fully saturated rings. The standard InChI is InChI=1S/C14H28N2O3/c1-8-16(9-2)12(17)10(3)15-11(4)13(18)19-14(5,6)7/h10-11,15H,8-9H2,1-7H3. The lowest BCUT2D eigenvalue weighted by Gasteiger charge is -2.27. The van der Waals surface area contributed by atoms with Gasteiger partial charge in [0.05, 0.1) is 6.04 Å². The largest absolute Gasteiger partial charge is 0.459 e. The minimum atomic E-state index is -0.515. The molecule has 5 heteroatoms. The molecule has 2 unspecified atom stereocenters. The molecule has 0 saturated heterocycles. The zero-order valence-electron chi connectivity index (χ0n) is 13.2. The van der Waals surface area contributed by atoms with Crippen LogP contribution in [0, 0.1) is 0 Å². The van der Waals surface area contributed by atoms with Crippen LogP contribution in [0.3, 0.4) is 0 Å². The lowest BCUT2D eigenvalue weighted by molar-refractivity contribution is -0.157. The number of nitrogens with one attached hydrogen (secondary N) is 1. The van der Waals surface area contributed by atoms with Gasteiger partial charge in [0.25, 0.3) is 0 Å². The molecule has 0 saturated carbocycles. The van der Waals surface area contributed by atoms with Crippen molar-refractivity contribution in [3.05, 3.63) is 0 Å². The summed E-state index contributed by atoms with van der Waals surface area (Å²) in [6.45, 7) is 14.1. The Labute approximate surface area is 116 Å². The number of amides is 1. The van der Waals surface area contributed by atoms with Crippen molar-refractivity contribution >= 4 is 11.9 Å². The van der Waals surface area contributed by atoms with Crippen LogP contribution in [0.15, 0.2) is 0 Å². The molecule has 1 N–H and O–H groups in total. The summed E-state index contributed by atoms with van der Waals surface area (Å²) in [5, 5.41) is 2.99. The van der Waals surface area contributed by atoms with Crippen LogP contribution in [0.25, 0.3) is 0 Å². The molecule has 2 atom stereocenters. The highest BCUT2D eigenvalue weighted by molar-refractivity contribution is 5.83. The highest BCUT2D eigenvalue weighted by Crippen LogP contribution is 2.08. The molecule has 0 heterocycles. The van der Waals surface area contributed by atoms with E-state index in [1.54, 1.807) is 18.7 Å². The number of ether oxygens (including phenoxy) is 1. The molecule has 0 aromatic rings. The maximum Gasteiger partial charge on any atom is 0.323 e. The Balaban J connectivity index is 4.43. The van der Waals surface area contributed by atoms with Crippen LogP contribution in [0.4, 0.5) is 0 Å². The number of carbonyl (C=O) groups excluding carboxylic acids is 2. The summed E-state index contributed by atoms with van der Waals surface area (Å²) in [4.78, 5) is 25.6. The quantitative estimate of drug-likeness (QED) is 0.746. The third kappa shape index (κ3) is 6.57. The summed E-state index contributed by atoms with van der Waals surface area (Å²) < 4.78 is 5.27. The second-order valence-electron chi connectivity index (χ2n) is 5.65. The Morgan fingerprint density at radius 2 is 1.58 bits per heavy atom. The lowest BCUT2D eigenvalue weighted by Crippen LogP contribution is -2.50. The fraction of sp³-hybridized carbons (Fsp3) is 0.857. The number of hydrogen-bond donors (Lipinski definition) is 1. The monoisotopic (exact) mass is 272 g/mol. The van der Waals surface area contributed by atoms with Gasteiger partial charge in [-0.1, -0.05) is 0 Å². The predicted molar refractivity (Wildman–Crippen MR) is 75.8 cm³/mol. The van der Waals surface area contributed by atoms with E-state index >= 15 is 0 Å². The SMILES string of the molecule is CCN(CC)C(=O)C(C)NC(C)C(=O)OC(C)(C)C. The van der Waals surface area contributed by atoms with Crippen LogP contribution < -0.4 is 5.32 Å². The molecule has 0 rings (SSSR count). The van der Waals surface area contributed by atoms with E-state index in [1.165, 1.54) is 0 Å². The summed E-state index contributed by atoms with van der Waals surface area (Å²) >= 11 is 0. The third-order valence-corrected chi connectivity index (χ3v) is 2.71. The second-order valence-corrected chi connectivity index (χ2v) is 5.65. The maximum atomic E-state index is 12.1. The molecular formula is C14H28N2O3. The molecule has 112 valence electrons. The van der Waals surface area contributed by atoms with E-state index in [-0.39, 0.29) is 11.9 Å². The molecular weight excluding hydrogens is 244 g/mol. The molecule has 0 aromatic carbocycles. The molecule has 0 aliphatic rings. The van der Waals surface area contributed by atoms with Crippen molar-refractivity contribution in [3.63, 3.8) is 0 Å². The smallest absolute Gasteiger partial charge is 0.323 e. The van der Waals surface area contributed by atoms with Gasteiger partial charge in [-0.15, -0.1) is 0 Å². The molecule has 0 radical (unpaired) electrons. The van der Waals surface area contributed by atoms with E-state index in [2.05, 4.69) is 5.32 Å². The van der Waals surface area contributed by atoms with Gasteiger partial charge in [0, 0.05) is 13.1 Å². The second kappa shape index (κ2) is 7.48. The first-order valence-corrected chi connectivity index (χ1v) is 6.90. The van der Waals surface area contributed by atoms with Gasteiger partial charge < -0.3 is 9.64 Å². The molecule has 0 aliphatic carbocycles. The minimum absolute atomic E-state index is 0.000378. The van der Waals surface area contributed by atoms with Gasteiger partial charge in [0.2, 0.25) is 5.91 Å². The number of likely N-dealkylation sites (N-methyl/N-ethyl adjacent to an activating group) is 1. The zero-order chi connectivity index (χ0) is 15.2. The Kier molecular flexibility index (Phi) is 7.05. The van der Waals surface area contributed by atoms with Gasteiger partial charge in [0.1, 0.15) is 11.6 Å². The first kappa shape index (κ1) is 17.9. The summed E-state index contributed by atoms with van der Waals surface area (Å²) in [5.74, 6) is -0.341. The number of rotatable bonds is 6. The highest BCUT2D eigenvalue weighted by atomic mass is 16.6. The van der Waals surface area contributed by atoms with E-state index in [9.17, 15) is 9.59 Å². The van der Waals surface area contributed by atoms with E-state index in [0.717, 1.165) is 0 Å². The average molecular weight is 272 g/mol. The number of esters is 1. The third-order valence-electron chi connectivity index (χ3n) is 2.71. The van der Waals surface area contributed by atoms with Crippen LogP contribution in [-0.4, -0.2) is 47.6 Å². The van der Waals surface area contributed by atoms with Gasteiger partial charge in [-0.2, -0.15) is 0 Å². The van der Waals surface area contributed by atoms with Crippen molar-refractivity contribution in [1.29, 1.82) is 0 Å². The molecule has 0 spiro atoms. The average Bonchev–Trinajstić information content (AvgIpc) is 2.27. The summed E-state index contributed by atoms with van der Waals surface area (Å²) in [7, 11) is 0. The van der Waals surface area contributed by atoms with Gasteiger partial charge in [-0.05, 0) is 48.5 Å². The first-order valence-electron chi connectivity index (χ1n) is 6.90. The fourth-order valence-electron chi connectivity index (χ4n) is 1.71. The Morgan fingerprint density at radius 3 is 1.95 bits per heavy atom. The highest BCUT2D eigenvalue weighted by Gasteiger charge is 2.26. The number of carbonyl (C=O) groups is 2. The molecule has 1 amide bonds. The van der Waals surface area contributed by atoms with Crippen LogP contribution in [0.2, 0.25) is 0 Å². The van der Waals surface area contributed by atoms with Crippen molar-refractivity contribution in [2.75, 3.05) is 13.1 Å². The molecule has 0 bridgehead atoms. The predicted octanol–water partition coefficient (Wildman–Crippen LogP) is 1.56. The summed E-state index contributed by atoms with van der Waals surface area (Å²) in [6.07, 6.45) is 0. The van der Waals surface area contributed by atoms with Crippen molar-refractivity contribution in [1.82, 2.24) is 10.2 Å². The first-order chi connectivity index (χ1) is 8.62. The normalized spacial score (nSPS) is 14.7. The van der Waals surface area contributed by atoms with Gasteiger partial charge >= 0.3 is 5.97 Å². The summed E-state index contributed by atoms with van der Waals surface area (Å²) in [6, 6.07) is -0.906. The maximum absolute atomic E-state index is 12.1. The van der Waals surface area contributed by atoms with E-state index in [1.807, 2.05) is 34.6 Å². The number of hydrogen-bond acceptors (Lipinski definition) is 4. The van der Waals surface area contributed by atoms with Gasteiger partial charge in [0.15, 0.2) is 0 Å². The Morgan fingerprint density at radius 1 is 1.11 bits per heavy atom. The fourth-order valence-corrected chi connectivity index (χ4v) is 1.71. The zero-order valence-corrected chi connectivity index (χ0v) is 13.2. The van der Waals surface area contributed by atoms with Crippen LogP contribution in [0.5, 0.6) is 0 Å². The van der Waals surface area contributed by atoms with Crippen LogP contribution in [-0.2, 0) is 14.3 Å². The van der Waals surface area contributed by atoms with Crippen LogP contribution in [0.1, 0.15) is 48.5 Å². The topological polar surface area (TPSA) is 58.6 Å².